The largest absolute Gasteiger partial charge is 0.497 e. The molecule has 1 saturated heterocycles. The first kappa shape index (κ1) is 38.2. The lowest BCUT2D eigenvalue weighted by molar-refractivity contribution is -0.143. The molecule has 0 bridgehead atoms. The van der Waals surface area contributed by atoms with Gasteiger partial charge in [0.05, 0.1) is 30.7 Å². The van der Waals surface area contributed by atoms with E-state index in [0.717, 1.165) is 12.8 Å². The number of methoxy groups -OCH3 is 1. The average molecular weight is 689 g/mol. The Kier molecular flexibility index (Phi) is 12.1. The van der Waals surface area contributed by atoms with Crippen LogP contribution in [0.3, 0.4) is 0 Å². The lowest BCUT2D eigenvalue weighted by atomic mass is 9.84. The second-order valence-electron chi connectivity index (χ2n) is 15.3. The van der Waals surface area contributed by atoms with Gasteiger partial charge in [-0.3, -0.25) is 9.59 Å². The fourth-order valence-corrected chi connectivity index (χ4v) is 7.49. The summed E-state index contributed by atoms with van der Waals surface area (Å²) in [7, 11) is 1.49. The van der Waals surface area contributed by atoms with E-state index in [4.69, 9.17) is 9.47 Å². The van der Waals surface area contributed by atoms with Gasteiger partial charge in [0, 0.05) is 24.3 Å². The van der Waals surface area contributed by atoms with Crippen molar-refractivity contribution >= 4 is 28.8 Å². The van der Waals surface area contributed by atoms with Gasteiger partial charge in [-0.25, -0.2) is 14.8 Å². The maximum Gasteiger partial charge on any atom is 0.405 e. The van der Waals surface area contributed by atoms with Crippen molar-refractivity contribution in [1.29, 1.82) is 0 Å². The van der Waals surface area contributed by atoms with Crippen LogP contribution in [0.4, 0.5) is 13.6 Å². The molecule has 1 aliphatic carbocycles. The van der Waals surface area contributed by atoms with Gasteiger partial charge in [0.15, 0.2) is 11.5 Å². The number of alkyl halides is 2. The van der Waals surface area contributed by atoms with E-state index in [0.29, 0.717) is 42.4 Å². The number of rotatable bonds is 14. The lowest BCUT2D eigenvalue weighted by Gasteiger charge is -2.35. The maximum absolute atomic E-state index is 16.2. The smallest absolute Gasteiger partial charge is 0.405 e. The van der Waals surface area contributed by atoms with E-state index in [1.54, 1.807) is 52.8 Å². The summed E-state index contributed by atoms with van der Waals surface area (Å²) < 4.78 is 44.1. The van der Waals surface area contributed by atoms with Crippen LogP contribution in [0.1, 0.15) is 106 Å². The lowest BCUT2D eigenvalue weighted by Crippen LogP contribution is -2.57. The number of amides is 2. The van der Waals surface area contributed by atoms with E-state index in [-0.39, 0.29) is 23.7 Å². The molecule has 1 saturated carbocycles. The molecule has 2 heterocycles. The minimum atomic E-state index is -3.36. The number of fused-ring (bicyclic) bond motifs is 1. The molecule has 10 nitrogen and oxygen atoms in total. The van der Waals surface area contributed by atoms with Gasteiger partial charge in [0.1, 0.15) is 17.9 Å². The molecule has 2 amide bonds. The van der Waals surface area contributed by atoms with Crippen LogP contribution >= 0.6 is 0 Å². The Morgan fingerprint density at radius 1 is 1.10 bits per heavy atom. The summed E-state index contributed by atoms with van der Waals surface area (Å²) >= 11 is 0. The summed E-state index contributed by atoms with van der Waals surface area (Å²) in [5, 5.41) is 11.9. The highest BCUT2D eigenvalue weighted by Crippen LogP contribution is 2.42. The van der Waals surface area contributed by atoms with Crippen molar-refractivity contribution in [2.45, 2.75) is 124 Å². The Balaban J connectivity index is 1.71. The van der Waals surface area contributed by atoms with Crippen molar-refractivity contribution in [1.82, 2.24) is 20.2 Å². The van der Waals surface area contributed by atoms with E-state index in [9.17, 15) is 19.5 Å². The van der Waals surface area contributed by atoms with Crippen LogP contribution in [0.15, 0.2) is 18.2 Å². The summed E-state index contributed by atoms with van der Waals surface area (Å²) in [5.74, 6) is -3.84. The van der Waals surface area contributed by atoms with Crippen LogP contribution in [0.2, 0.25) is 0 Å². The number of carbonyl (C=O) groups is 3. The number of ketones is 1. The van der Waals surface area contributed by atoms with Crippen molar-refractivity contribution in [2.75, 3.05) is 13.7 Å². The molecule has 2 N–H and O–H groups in total. The Morgan fingerprint density at radius 2 is 1.82 bits per heavy atom. The van der Waals surface area contributed by atoms with Crippen LogP contribution in [0, 0.1) is 29.1 Å². The zero-order chi connectivity index (χ0) is 36.3. The van der Waals surface area contributed by atoms with Crippen LogP contribution in [-0.2, 0) is 15.5 Å². The molecule has 2 aromatic rings. The van der Waals surface area contributed by atoms with E-state index in [1.165, 1.54) is 24.9 Å². The molecule has 1 aromatic carbocycles. The number of hydrogen-bond donors (Lipinski definition) is 2. The standard InChI is InChI=1S/C37H54F2N4O6/c1-9-25-28(20-43(29(25)30(44)21(2)3)34(45)32(36(5,6)7)42-35(46)47)49-33-31(40-26-17-16-24(48-8)19-27(26)41-33)37(38,39)18-11-10-14-23-15-12-13-22(23)4/h16-17,19,21-23,25,28-29,32,42H,9-15,18,20H2,1-8H3,(H,46,47). The summed E-state index contributed by atoms with van der Waals surface area (Å²) in [6.07, 6.45) is 3.18. The molecule has 2 aliphatic rings. The highest BCUT2D eigenvalue weighted by Gasteiger charge is 2.52. The fourth-order valence-electron chi connectivity index (χ4n) is 7.49. The van der Waals surface area contributed by atoms with Crippen LogP contribution in [-0.4, -0.2) is 69.6 Å². The molecule has 1 aromatic heterocycles. The molecule has 4 rings (SSSR count). The Labute approximate surface area is 288 Å². The van der Waals surface area contributed by atoms with Gasteiger partial charge in [-0.15, -0.1) is 0 Å². The zero-order valence-corrected chi connectivity index (χ0v) is 30.2. The first-order valence-electron chi connectivity index (χ1n) is 17.7. The second-order valence-corrected chi connectivity index (χ2v) is 15.3. The van der Waals surface area contributed by atoms with Gasteiger partial charge in [-0.05, 0) is 42.2 Å². The number of aromatic nitrogens is 2. The third-order valence-corrected chi connectivity index (χ3v) is 10.4. The predicted molar refractivity (Wildman–Crippen MR) is 183 cm³/mol. The molecule has 2 fully saturated rings. The Hall–Kier alpha value is -3.57. The molecule has 0 radical (unpaired) electrons. The summed E-state index contributed by atoms with van der Waals surface area (Å²) in [5.41, 5.74) is -0.837. The number of likely N-dealkylation sites (tertiary alicyclic amines) is 1. The molecule has 1 aliphatic heterocycles. The predicted octanol–water partition coefficient (Wildman–Crippen LogP) is 7.62. The maximum atomic E-state index is 16.2. The minimum Gasteiger partial charge on any atom is -0.497 e. The van der Waals surface area contributed by atoms with Crippen molar-refractivity contribution in [3.05, 3.63) is 23.9 Å². The first-order chi connectivity index (χ1) is 23.0. The molecule has 272 valence electrons. The minimum absolute atomic E-state index is 0.114. The fraction of sp³-hybridized carbons (Fsp3) is 0.703. The van der Waals surface area contributed by atoms with E-state index in [1.807, 2.05) is 6.92 Å². The number of nitrogens with one attached hydrogen (secondary N) is 1. The van der Waals surface area contributed by atoms with Crippen molar-refractivity contribution in [3.63, 3.8) is 0 Å². The number of benzene rings is 1. The van der Waals surface area contributed by atoms with Gasteiger partial charge in [0.2, 0.25) is 11.8 Å². The number of carbonyl (C=O) groups excluding carboxylic acids is 2. The zero-order valence-electron chi connectivity index (χ0n) is 30.2. The summed E-state index contributed by atoms with van der Waals surface area (Å²) in [6.45, 7) is 12.6. The van der Waals surface area contributed by atoms with Gasteiger partial charge >= 0.3 is 6.09 Å². The molecule has 12 heteroatoms. The average Bonchev–Trinajstić information content (AvgIpc) is 3.62. The number of halogens is 2. The molecule has 49 heavy (non-hydrogen) atoms. The topological polar surface area (TPSA) is 131 Å². The van der Waals surface area contributed by atoms with Gasteiger partial charge in [-0.2, -0.15) is 8.78 Å². The number of ether oxygens (including phenoxy) is 2. The highest BCUT2D eigenvalue weighted by molar-refractivity contribution is 5.94. The molecule has 6 unspecified atom stereocenters. The van der Waals surface area contributed by atoms with Crippen molar-refractivity contribution in [2.24, 2.45) is 29.1 Å². The number of hydrogen-bond acceptors (Lipinski definition) is 7. The van der Waals surface area contributed by atoms with Crippen molar-refractivity contribution in [3.8, 4) is 11.6 Å². The van der Waals surface area contributed by atoms with E-state index in [2.05, 4.69) is 22.2 Å². The second kappa shape index (κ2) is 15.5. The van der Waals surface area contributed by atoms with Gasteiger partial charge < -0.3 is 24.8 Å². The van der Waals surface area contributed by atoms with Crippen LogP contribution < -0.4 is 14.8 Å². The highest BCUT2D eigenvalue weighted by atomic mass is 19.3. The SMILES string of the molecule is CCC1C(Oc2nc3cc(OC)ccc3nc2C(F)(F)CCCCC2CCCC2C)CN(C(=O)C(NC(=O)O)C(C)(C)C)C1C(=O)C(C)C. The Bertz CT molecular complexity index is 1500. The number of Topliss-reactive ketones (excluding diaryl/α,β-unsaturated/α-hetero) is 1. The first-order valence-corrected chi connectivity index (χ1v) is 17.7. The summed E-state index contributed by atoms with van der Waals surface area (Å²) in [4.78, 5) is 49.8. The third kappa shape index (κ3) is 8.78. The molecular formula is C37H54F2N4O6. The summed E-state index contributed by atoms with van der Waals surface area (Å²) in [6, 6.07) is 2.70. The number of unbranched alkanes of at least 4 members (excludes halogenated alkanes) is 1. The molecular weight excluding hydrogens is 634 g/mol. The van der Waals surface area contributed by atoms with Crippen LogP contribution in [0.25, 0.3) is 11.0 Å². The van der Waals surface area contributed by atoms with Crippen LogP contribution in [0.5, 0.6) is 11.6 Å². The molecule has 0 spiro atoms. The van der Waals surface area contributed by atoms with E-state index < -0.39 is 65.5 Å². The molecule has 6 atom stereocenters. The van der Waals surface area contributed by atoms with Gasteiger partial charge in [-0.1, -0.05) is 80.6 Å². The third-order valence-electron chi connectivity index (χ3n) is 10.4. The quantitative estimate of drug-likeness (QED) is 0.194. The number of nitrogens with zero attached hydrogens (tertiary/aromatic N) is 3. The van der Waals surface area contributed by atoms with Crippen molar-refractivity contribution < 1.29 is 37.7 Å². The van der Waals surface area contributed by atoms with E-state index >= 15 is 8.78 Å². The number of carboxylic acid groups (broad SMARTS) is 1. The monoisotopic (exact) mass is 688 g/mol. The Morgan fingerprint density at radius 3 is 2.39 bits per heavy atom. The van der Waals surface area contributed by atoms with Gasteiger partial charge in [0.25, 0.3) is 5.92 Å². The normalized spacial score (nSPS) is 23.6.